The van der Waals surface area contributed by atoms with Crippen molar-refractivity contribution >= 4 is 35.4 Å². The summed E-state index contributed by atoms with van der Waals surface area (Å²) in [5.74, 6) is 0.186. The molecule has 31 heavy (non-hydrogen) atoms. The summed E-state index contributed by atoms with van der Waals surface area (Å²) in [5, 5.41) is 5.78. The van der Waals surface area contributed by atoms with E-state index in [1.807, 2.05) is 0 Å². The predicted molar refractivity (Wildman–Crippen MR) is 121 cm³/mol. The Balaban J connectivity index is 1.35. The molecule has 1 saturated heterocycles. The predicted octanol–water partition coefficient (Wildman–Crippen LogP) is 2.34. The van der Waals surface area contributed by atoms with E-state index < -0.39 is 0 Å². The second-order valence-electron chi connectivity index (χ2n) is 10.3. The molecular weight excluding hydrogens is 414 g/mol. The Labute approximate surface area is 189 Å². The lowest BCUT2D eigenvalue weighted by molar-refractivity contribution is -0.140. The fourth-order valence-corrected chi connectivity index (χ4v) is 5.85. The highest BCUT2D eigenvalue weighted by Gasteiger charge is 2.51. The molecule has 174 valence electrons. The summed E-state index contributed by atoms with van der Waals surface area (Å²) in [5.41, 5.74) is 0.140. The van der Waals surface area contributed by atoms with Crippen LogP contribution in [-0.4, -0.2) is 59.2 Å². The molecule has 0 aromatic carbocycles. The standard InChI is InChI=1S/C23H37N3O4S/c1-23(2,3)15-8-9-17-18(12-15)22(30)26(21(17)29)11-10-24-19(27)13-31-14-20(28)25-16-6-4-5-7-16/h15-18H,4-14H2,1-3H3,(H,24,27)(H,25,28). The molecule has 7 nitrogen and oxygen atoms in total. The molecule has 0 radical (unpaired) electrons. The normalized spacial score (nSPS) is 26.8. The zero-order valence-corrected chi connectivity index (χ0v) is 19.9. The number of nitrogens with one attached hydrogen (secondary N) is 2. The van der Waals surface area contributed by atoms with Crippen LogP contribution >= 0.6 is 11.8 Å². The molecule has 1 aliphatic heterocycles. The molecular formula is C23H37N3O4S. The first-order valence-corrected chi connectivity index (χ1v) is 12.8. The average molecular weight is 452 g/mol. The number of fused-ring (bicyclic) bond motifs is 1. The molecule has 3 unspecified atom stereocenters. The highest BCUT2D eigenvalue weighted by Crippen LogP contribution is 2.46. The molecule has 3 fully saturated rings. The fourth-order valence-electron chi connectivity index (χ4n) is 5.19. The number of amides is 4. The number of imide groups is 1. The van der Waals surface area contributed by atoms with Crippen molar-refractivity contribution in [3.05, 3.63) is 0 Å². The molecule has 2 aliphatic carbocycles. The van der Waals surface area contributed by atoms with E-state index in [-0.39, 0.29) is 65.5 Å². The molecule has 3 rings (SSSR count). The van der Waals surface area contributed by atoms with Crippen LogP contribution in [0.5, 0.6) is 0 Å². The first-order chi connectivity index (χ1) is 14.7. The van der Waals surface area contributed by atoms with E-state index in [1.54, 1.807) is 0 Å². The van der Waals surface area contributed by atoms with Crippen LogP contribution in [0.4, 0.5) is 0 Å². The molecule has 1 heterocycles. The van der Waals surface area contributed by atoms with Gasteiger partial charge >= 0.3 is 0 Å². The Hall–Kier alpha value is -1.57. The van der Waals surface area contributed by atoms with Gasteiger partial charge in [0.1, 0.15) is 0 Å². The van der Waals surface area contributed by atoms with Crippen LogP contribution < -0.4 is 10.6 Å². The Morgan fingerprint density at radius 1 is 0.968 bits per heavy atom. The van der Waals surface area contributed by atoms with Gasteiger partial charge in [-0.15, -0.1) is 11.8 Å². The van der Waals surface area contributed by atoms with Gasteiger partial charge in [-0.2, -0.15) is 0 Å². The summed E-state index contributed by atoms with van der Waals surface area (Å²) in [6, 6.07) is 0.292. The highest BCUT2D eigenvalue weighted by atomic mass is 32.2. The maximum absolute atomic E-state index is 12.8. The van der Waals surface area contributed by atoms with Gasteiger partial charge in [-0.3, -0.25) is 24.1 Å². The first kappa shape index (κ1) is 24.1. The topological polar surface area (TPSA) is 95.6 Å². The number of hydrogen-bond donors (Lipinski definition) is 2. The van der Waals surface area contributed by atoms with E-state index in [1.165, 1.54) is 29.5 Å². The maximum atomic E-state index is 12.8. The van der Waals surface area contributed by atoms with Crippen LogP contribution in [0, 0.1) is 23.2 Å². The summed E-state index contributed by atoms with van der Waals surface area (Å²) < 4.78 is 0. The van der Waals surface area contributed by atoms with Gasteiger partial charge in [-0.05, 0) is 43.4 Å². The van der Waals surface area contributed by atoms with Crippen molar-refractivity contribution in [3.8, 4) is 0 Å². The van der Waals surface area contributed by atoms with Crippen LogP contribution in [0.15, 0.2) is 0 Å². The van der Waals surface area contributed by atoms with Crippen LogP contribution in [0.1, 0.15) is 65.7 Å². The van der Waals surface area contributed by atoms with Crippen molar-refractivity contribution in [3.63, 3.8) is 0 Å². The molecule has 2 saturated carbocycles. The van der Waals surface area contributed by atoms with Crippen molar-refractivity contribution in [2.24, 2.45) is 23.2 Å². The van der Waals surface area contributed by atoms with Gasteiger partial charge in [0.05, 0.1) is 23.3 Å². The molecule has 2 N–H and O–H groups in total. The monoisotopic (exact) mass is 451 g/mol. The van der Waals surface area contributed by atoms with E-state index in [0.717, 1.165) is 32.1 Å². The first-order valence-electron chi connectivity index (χ1n) is 11.7. The number of hydrogen-bond acceptors (Lipinski definition) is 5. The third kappa shape index (κ3) is 6.24. The summed E-state index contributed by atoms with van der Waals surface area (Å²) >= 11 is 1.28. The smallest absolute Gasteiger partial charge is 0.233 e. The highest BCUT2D eigenvalue weighted by molar-refractivity contribution is 8.00. The van der Waals surface area contributed by atoms with Gasteiger partial charge in [0.15, 0.2) is 0 Å². The van der Waals surface area contributed by atoms with Gasteiger partial charge in [0.25, 0.3) is 0 Å². The number of likely N-dealkylation sites (tertiary alicyclic amines) is 1. The second-order valence-corrected chi connectivity index (χ2v) is 11.3. The quantitative estimate of drug-likeness (QED) is 0.552. The molecule has 8 heteroatoms. The lowest BCUT2D eigenvalue weighted by Crippen LogP contribution is -2.39. The van der Waals surface area contributed by atoms with Gasteiger partial charge in [-0.1, -0.05) is 33.6 Å². The second kappa shape index (κ2) is 10.4. The van der Waals surface area contributed by atoms with Crippen LogP contribution in [0.2, 0.25) is 0 Å². The molecule has 0 spiro atoms. The van der Waals surface area contributed by atoms with E-state index in [2.05, 4.69) is 31.4 Å². The summed E-state index contributed by atoms with van der Waals surface area (Å²) in [7, 11) is 0. The zero-order chi connectivity index (χ0) is 22.6. The zero-order valence-electron chi connectivity index (χ0n) is 19.1. The maximum Gasteiger partial charge on any atom is 0.233 e. The summed E-state index contributed by atoms with van der Waals surface area (Å²) in [6.07, 6.45) is 6.97. The molecule has 0 aromatic heterocycles. The molecule has 0 bridgehead atoms. The lowest BCUT2D eigenvalue weighted by atomic mass is 9.66. The average Bonchev–Trinajstić information content (AvgIpc) is 3.29. The van der Waals surface area contributed by atoms with Crippen LogP contribution in [0.25, 0.3) is 0 Å². The Morgan fingerprint density at radius 2 is 1.61 bits per heavy atom. The van der Waals surface area contributed by atoms with E-state index >= 15 is 0 Å². The summed E-state index contributed by atoms with van der Waals surface area (Å²) in [4.78, 5) is 50.9. The van der Waals surface area contributed by atoms with E-state index in [4.69, 9.17) is 0 Å². The molecule has 3 atom stereocenters. The van der Waals surface area contributed by atoms with Crippen molar-refractivity contribution in [2.45, 2.75) is 71.8 Å². The lowest BCUT2D eigenvalue weighted by Gasteiger charge is -2.37. The Kier molecular flexibility index (Phi) is 8.05. The molecule has 3 aliphatic rings. The minimum absolute atomic E-state index is 0.0193. The minimum Gasteiger partial charge on any atom is -0.354 e. The number of thioether (sulfide) groups is 1. The molecule has 4 amide bonds. The van der Waals surface area contributed by atoms with Gasteiger partial charge in [0.2, 0.25) is 23.6 Å². The van der Waals surface area contributed by atoms with Crippen LogP contribution in [0.3, 0.4) is 0 Å². The van der Waals surface area contributed by atoms with Gasteiger partial charge in [-0.25, -0.2) is 0 Å². The van der Waals surface area contributed by atoms with E-state index in [9.17, 15) is 19.2 Å². The number of carbonyl (C=O) groups is 4. The molecule has 0 aromatic rings. The minimum atomic E-state index is -0.199. The largest absolute Gasteiger partial charge is 0.354 e. The fraction of sp³-hybridized carbons (Fsp3) is 0.826. The SMILES string of the molecule is CC(C)(C)C1CCC2C(=O)N(CCNC(=O)CSCC(=O)NC3CCCC3)C(=O)C2C1. The third-order valence-electron chi connectivity index (χ3n) is 7.09. The number of rotatable bonds is 8. The number of carbonyl (C=O) groups excluding carboxylic acids is 4. The summed E-state index contributed by atoms with van der Waals surface area (Å²) in [6.45, 7) is 7.07. The van der Waals surface area contributed by atoms with Crippen molar-refractivity contribution in [1.29, 1.82) is 0 Å². The van der Waals surface area contributed by atoms with Crippen molar-refractivity contribution in [1.82, 2.24) is 15.5 Å². The van der Waals surface area contributed by atoms with Gasteiger partial charge < -0.3 is 10.6 Å². The third-order valence-corrected chi connectivity index (χ3v) is 8.02. The number of nitrogens with zero attached hydrogens (tertiary/aromatic N) is 1. The van der Waals surface area contributed by atoms with E-state index in [0.29, 0.717) is 12.0 Å². The van der Waals surface area contributed by atoms with Crippen molar-refractivity contribution in [2.75, 3.05) is 24.6 Å². The van der Waals surface area contributed by atoms with Crippen molar-refractivity contribution < 1.29 is 19.2 Å². The Morgan fingerprint density at radius 3 is 2.29 bits per heavy atom. The van der Waals surface area contributed by atoms with Crippen LogP contribution in [-0.2, 0) is 19.2 Å². The Bertz CT molecular complexity index is 699. The van der Waals surface area contributed by atoms with Gasteiger partial charge in [0, 0.05) is 19.1 Å².